The highest BCUT2D eigenvalue weighted by molar-refractivity contribution is 6.37. The number of anilines is 1. The van der Waals surface area contributed by atoms with Gasteiger partial charge in [-0.05, 0) is 51.0 Å². The number of halogens is 2. The number of amides is 1. The topological polar surface area (TPSA) is 53.5 Å². The van der Waals surface area contributed by atoms with Crippen molar-refractivity contribution in [1.82, 2.24) is 5.43 Å². The van der Waals surface area contributed by atoms with Crippen molar-refractivity contribution in [3.8, 4) is 0 Å². The van der Waals surface area contributed by atoms with Crippen LogP contribution in [-0.2, 0) is 4.79 Å². The summed E-state index contributed by atoms with van der Waals surface area (Å²) < 4.78 is 0. The minimum Gasteiger partial charge on any atom is -0.373 e. The standard InChI is InChI=1S/C19H21Cl2N3O/c1-11-6-5-7-12(2)18(11)22-14(4)19(25)24-23-13(3)16-9-8-15(20)10-17(16)21/h5-10,14,22H,1-4H3,(H,24,25)/b23-13-/t14-/m1/s1. The van der Waals surface area contributed by atoms with E-state index in [9.17, 15) is 4.79 Å². The molecule has 0 heterocycles. The number of nitrogens with one attached hydrogen (secondary N) is 2. The number of hydrogen-bond acceptors (Lipinski definition) is 3. The Labute approximate surface area is 158 Å². The van der Waals surface area contributed by atoms with Crippen LogP contribution in [0.25, 0.3) is 0 Å². The summed E-state index contributed by atoms with van der Waals surface area (Å²) in [6, 6.07) is 10.7. The van der Waals surface area contributed by atoms with E-state index in [1.54, 1.807) is 32.0 Å². The zero-order valence-corrected chi connectivity index (χ0v) is 16.2. The average molecular weight is 378 g/mol. The summed E-state index contributed by atoms with van der Waals surface area (Å²) >= 11 is 12.0. The van der Waals surface area contributed by atoms with E-state index in [1.807, 2.05) is 32.0 Å². The molecular weight excluding hydrogens is 357 g/mol. The largest absolute Gasteiger partial charge is 0.373 e. The molecule has 0 saturated heterocycles. The van der Waals surface area contributed by atoms with Crippen LogP contribution in [-0.4, -0.2) is 17.7 Å². The molecule has 0 spiro atoms. The molecule has 0 aliphatic rings. The van der Waals surface area contributed by atoms with E-state index in [0.717, 1.165) is 22.4 Å². The first kappa shape index (κ1) is 19.3. The molecule has 1 amide bonds. The molecule has 0 aliphatic carbocycles. The van der Waals surface area contributed by atoms with Crippen molar-refractivity contribution >= 4 is 40.5 Å². The van der Waals surface area contributed by atoms with E-state index in [-0.39, 0.29) is 5.91 Å². The zero-order valence-electron chi connectivity index (χ0n) is 14.7. The molecule has 132 valence electrons. The third-order valence-corrected chi connectivity index (χ3v) is 4.44. The Morgan fingerprint density at radius 2 is 1.76 bits per heavy atom. The molecule has 0 radical (unpaired) electrons. The highest BCUT2D eigenvalue weighted by Crippen LogP contribution is 2.22. The predicted octanol–water partition coefficient (Wildman–Crippen LogP) is 4.95. The number of para-hydroxylation sites is 1. The van der Waals surface area contributed by atoms with Gasteiger partial charge in [0, 0.05) is 16.3 Å². The van der Waals surface area contributed by atoms with Gasteiger partial charge in [0.25, 0.3) is 5.91 Å². The van der Waals surface area contributed by atoms with Crippen LogP contribution in [0.15, 0.2) is 41.5 Å². The molecule has 0 fully saturated rings. The van der Waals surface area contributed by atoms with Crippen molar-refractivity contribution in [2.24, 2.45) is 5.10 Å². The second-order valence-corrected chi connectivity index (χ2v) is 6.77. The monoisotopic (exact) mass is 377 g/mol. The lowest BCUT2D eigenvalue weighted by atomic mass is 10.1. The third kappa shape index (κ3) is 4.97. The zero-order chi connectivity index (χ0) is 18.6. The Balaban J connectivity index is 2.06. The van der Waals surface area contributed by atoms with Crippen molar-refractivity contribution in [1.29, 1.82) is 0 Å². The van der Waals surface area contributed by atoms with Gasteiger partial charge in [-0.2, -0.15) is 5.10 Å². The summed E-state index contributed by atoms with van der Waals surface area (Å²) in [5.74, 6) is -0.230. The second-order valence-electron chi connectivity index (χ2n) is 5.93. The van der Waals surface area contributed by atoms with E-state index in [1.165, 1.54) is 0 Å². The summed E-state index contributed by atoms with van der Waals surface area (Å²) in [6.07, 6.45) is 0. The smallest absolute Gasteiger partial charge is 0.262 e. The minimum absolute atomic E-state index is 0.230. The maximum absolute atomic E-state index is 12.3. The number of benzene rings is 2. The fourth-order valence-electron chi connectivity index (χ4n) is 2.40. The van der Waals surface area contributed by atoms with Crippen LogP contribution >= 0.6 is 23.2 Å². The molecule has 0 bridgehead atoms. The molecule has 6 heteroatoms. The maximum Gasteiger partial charge on any atom is 0.262 e. The Morgan fingerprint density at radius 1 is 1.12 bits per heavy atom. The first-order valence-electron chi connectivity index (χ1n) is 7.92. The number of nitrogens with zero attached hydrogens (tertiary/aromatic N) is 1. The van der Waals surface area contributed by atoms with Gasteiger partial charge in [-0.25, -0.2) is 5.43 Å². The molecule has 0 unspecified atom stereocenters. The van der Waals surface area contributed by atoms with E-state index in [2.05, 4.69) is 15.8 Å². The maximum atomic E-state index is 12.3. The van der Waals surface area contributed by atoms with Crippen molar-refractivity contribution in [2.45, 2.75) is 33.7 Å². The summed E-state index contributed by atoms with van der Waals surface area (Å²) in [4.78, 5) is 12.3. The Kier molecular flexibility index (Phi) is 6.45. The van der Waals surface area contributed by atoms with Crippen LogP contribution in [0.3, 0.4) is 0 Å². The summed E-state index contributed by atoms with van der Waals surface area (Å²) in [5.41, 5.74) is 7.05. The van der Waals surface area contributed by atoms with Gasteiger partial charge in [0.15, 0.2) is 0 Å². The van der Waals surface area contributed by atoms with Gasteiger partial charge in [-0.1, -0.05) is 47.5 Å². The van der Waals surface area contributed by atoms with E-state index < -0.39 is 6.04 Å². The Bertz CT molecular complexity index is 798. The highest BCUT2D eigenvalue weighted by atomic mass is 35.5. The quantitative estimate of drug-likeness (QED) is 0.571. The van der Waals surface area contributed by atoms with Crippen molar-refractivity contribution in [3.05, 3.63) is 63.1 Å². The first-order valence-corrected chi connectivity index (χ1v) is 8.67. The van der Waals surface area contributed by atoms with Crippen LogP contribution in [0.1, 0.15) is 30.5 Å². The van der Waals surface area contributed by atoms with Crippen LogP contribution in [0.4, 0.5) is 5.69 Å². The number of rotatable bonds is 5. The molecule has 2 aromatic rings. The molecule has 0 aliphatic heterocycles. The molecule has 2 N–H and O–H groups in total. The van der Waals surface area contributed by atoms with Crippen LogP contribution < -0.4 is 10.7 Å². The average Bonchev–Trinajstić information content (AvgIpc) is 2.55. The minimum atomic E-state index is -0.433. The summed E-state index contributed by atoms with van der Waals surface area (Å²) in [6.45, 7) is 7.58. The van der Waals surface area contributed by atoms with Gasteiger partial charge < -0.3 is 5.32 Å². The van der Waals surface area contributed by atoms with Gasteiger partial charge in [0.1, 0.15) is 6.04 Å². The van der Waals surface area contributed by atoms with Crippen LogP contribution in [0, 0.1) is 13.8 Å². The first-order chi connectivity index (χ1) is 11.8. The van der Waals surface area contributed by atoms with Gasteiger partial charge in [-0.3, -0.25) is 4.79 Å². The normalized spacial score (nSPS) is 12.6. The molecule has 0 aromatic heterocycles. The van der Waals surface area contributed by atoms with E-state index in [0.29, 0.717) is 15.8 Å². The number of hydrogen-bond donors (Lipinski definition) is 2. The predicted molar refractivity (Wildman–Crippen MR) is 106 cm³/mol. The van der Waals surface area contributed by atoms with Crippen molar-refractivity contribution in [3.63, 3.8) is 0 Å². The van der Waals surface area contributed by atoms with Gasteiger partial charge in [0.2, 0.25) is 0 Å². The van der Waals surface area contributed by atoms with Crippen molar-refractivity contribution < 1.29 is 4.79 Å². The van der Waals surface area contributed by atoms with Crippen molar-refractivity contribution in [2.75, 3.05) is 5.32 Å². The molecule has 0 saturated carbocycles. The molecule has 2 rings (SSSR count). The van der Waals surface area contributed by atoms with Crippen LogP contribution in [0.5, 0.6) is 0 Å². The Morgan fingerprint density at radius 3 is 2.36 bits per heavy atom. The van der Waals surface area contributed by atoms with E-state index >= 15 is 0 Å². The van der Waals surface area contributed by atoms with Crippen LogP contribution in [0.2, 0.25) is 10.0 Å². The fraction of sp³-hybridized carbons (Fsp3) is 0.263. The van der Waals surface area contributed by atoms with E-state index in [4.69, 9.17) is 23.2 Å². The Hall–Kier alpha value is -2.04. The molecule has 4 nitrogen and oxygen atoms in total. The SMILES string of the molecule is C/C(=N/NC(=O)[C@@H](C)Nc1c(C)cccc1C)c1ccc(Cl)cc1Cl. The number of carbonyl (C=O) groups excluding carboxylic acids is 1. The number of aryl methyl sites for hydroxylation is 2. The summed E-state index contributed by atoms with van der Waals surface area (Å²) in [7, 11) is 0. The summed E-state index contributed by atoms with van der Waals surface area (Å²) in [5, 5.41) is 8.42. The fourth-order valence-corrected chi connectivity index (χ4v) is 2.95. The van der Waals surface area contributed by atoms with Gasteiger partial charge in [-0.15, -0.1) is 0 Å². The third-order valence-electron chi connectivity index (χ3n) is 3.89. The molecule has 2 aromatic carbocycles. The number of hydrazone groups is 1. The molecule has 1 atom stereocenters. The number of carbonyl (C=O) groups is 1. The van der Waals surface area contributed by atoms with Gasteiger partial charge >= 0.3 is 0 Å². The van der Waals surface area contributed by atoms with Gasteiger partial charge in [0.05, 0.1) is 10.7 Å². The lowest BCUT2D eigenvalue weighted by molar-refractivity contribution is -0.121. The second kappa shape index (κ2) is 8.37. The lowest BCUT2D eigenvalue weighted by Crippen LogP contribution is -2.35. The lowest BCUT2D eigenvalue weighted by Gasteiger charge is -2.17. The highest BCUT2D eigenvalue weighted by Gasteiger charge is 2.14. The molecule has 25 heavy (non-hydrogen) atoms. The molecular formula is C19H21Cl2N3O.